The first-order valence-corrected chi connectivity index (χ1v) is 5.47. The molecular formula is C13H14N2O2. The van der Waals surface area contributed by atoms with Crippen LogP contribution in [0.3, 0.4) is 0 Å². The third-order valence-corrected chi connectivity index (χ3v) is 2.56. The minimum atomic E-state index is -0.152. The third kappa shape index (κ3) is 2.42. The molecule has 1 aliphatic heterocycles. The van der Waals surface area contributed by atoms with E-state index < -0.39 is 0 Å². The van der Waals surface area contributed by atoms with Crippen LogP contribution in [0.25, 0.3) is 6.08 Å². The molecule has 0 saturated carbocycles. The number of β-amino-alcohol motifs (C(OH)–C–C–N with tert-alkyl or cyclic N) is 1. The summed E-state index contributed by atoms with van der Waals surface area (Å²) < 4.78 is 0. The lowest BCUT2D eigenvalue weighted by Crippen LogP contribution is -2.32. The van der Waals surface area contributed by atoms with Crippen LogP contribution in [0.15, 0.2) is 41.0 Å². The molecule has 0 saturated heterocycles. The van der Waals surface area contributed by atoms with Gasteiger partial charge in [-0.25, -0.2) is 4.99 Å². The van der Waals surface area contributed by atoms with Crippen molar-refractivity contribution >= 4 is 17.8 Å². The number of aliphatic imine (C=N–C) groups is 1. The van der Waals surface area contributed by atoms with E-state index in [9.17, 15) is 4.79 Å². The number of aliphatic hydroxyl groups is 1. The minimum Gasteiger partial charge on any atom is -0.395 e. The number of amides is 1. The van der Waals surface area contributed by atoms with E-state index in [0.29, 0.717) is 18.1 Å². The highest BCUT2D eigenvalue weighted by Gasteiger charge is 2.26. The Morgan fingerprint density at radius 3 is 2.71 bits per heavy atom. The SMILES string of the molecule is CC1=N/C(=C\c2ccccc2)C(=O)N1CCO. The number of carbonyl (C=O) groups is 1. The van der Waals surface area contributed by atoms with Gasteiger partial charge in [-0.1, -0.05) is 30.3 Å². The van der Waals surface area contributed by atoms with Gasteiger partial charge in [-0.2, -0.15) is 0 Å². The first-order valence-electron chi connectivity index (χ1n) is 5.47. The monoisotopic (exact) mass is 230 g/mol. The lowest BCUT2D eigenvalue weighted by molar-refractivity contribution is -0.123. The van der Waals surface area contributed by atoms with Gasteiger partial charge in [-0.15, -0.1) is 0 Å². The standard InChI is InChI=1S/C13H14N2O2/c1-10-14-12(13(17)15(10)7-8-16)9-11-5-3-2-4-6-11/h2-6,9,16H,7-8H2,1H3/b12-9-. The zero-order chi connectivity index (χ0) is 12.3. The largest absolute Gasteiger partial charge is 0.395 e. The van der Waals surface area contributed by atoms with Crippen molar-refractivity contribution in [1.82, 2.24) is 4.90 Å². The van der Waals surface area contributed by atoms with Gasteiger partial charge in [0.1, 0.15) is 11.5 Å². The van der Waals surface area contributed by atoms with Crippen molar-refractivity contribution in [3.05, 3.63) is 41.6 Å². The molecule has 0 unspecified atom stereocenters. The maximum Gasteiger partial charge on any atom is 0.277 e. The van der Waals surface area contributed by atoms with Crippen LogP contribution in [0.4, 0.5) is 0 Å². The summed E-state index contributed by atoms with van der Waals surface area (Å²) in [4.78, 5) is 17.6. The first-order chi connectivity index (χ1) is 8.22. The molecule has 88 valence electrons. The maximum atomic E-state index is 11.9. The molecule has 0 bridgehead atoms. The molecule has 1 heterocycles. The zero-order valence-corrected chi connectivity index (χ0v) is 9.63. The summed E-state index contributed by atoms with van der Waals surface area (Å²) in [6.07, 6.45) is 1.75. The summed E-state index contributed by atoms with van der Waals surface area (Å²) in [6.45, 7) is 2.00. The zero-order valence-electron chi connectivity index (χ0n) is 9.63. The van der Waals surface area contributed by atoms with Gasteiger partial charge >= 0.3 is 0 Å². The maximum absolute atomic E-state index is 11.9. The average molecular weight is 230 g/mol. The molecular weight excluding hydrogens is 216 g/mol. The van der Waals surface area contributed by atoms with Crippen LogP contribution in [0.1, 0.15) is 12.5 Å². The Hall–Kier alpha value is -1.94. The summed E-state index contributed by atoms with van der Waals surface area (Å²) in [5.74, 6) is 0.478. The number of amidine groups is 1. The normalized spacial score (nSPS) is 17.8. The van der Waals surface area contributed by atoms with Gasteiger partial charge in [0.25, 0.3) is 5.91 Å². The average Bonchev–Trinajstić information content (AvgIpc) is 2.59. The van der Waals surface area contributed by atoms with Crippen molar-refractivity contribution in [1.29, 1.82) is 0 Å². The van der Waals surface area contributed by atoms with Gasteiger partial charge in [0.2, 0.25) is 0 Å². The lowest BCUT2D eigenvalue weighted by atomic mass is 10.2. The molecule has 4 nitrogen and oxygen atoms in total. The first kappa shape index (κ1) is 11.5. The fourth-order valence-corrected chi connectivity index (χ4v) is 1.73. The Bertz CT molecular complexity index is 477. The molecule has 1 N–H and O–H groups in total. The highest BCUT2D eigenvalue weighted by atomic mass is 16.3. The van der Waals surface area contributed by atoms with Crippen molar-refractivity contribution < 1.29 is 9.90 Å². The molecule has 1 amide bonds. The van der Waals surface area contributed by atoms with Crippen molar-refractivity contribution in [2.24, 2.45) is 4.99 Å². The lowest BCUT2D eigenvalue weighted by Gasteiger charge is -2.13. The van der Waals surface area contributed by atoms with E-state index in [0.717, 1.165) is 5.56 Å². The van der Waals surface area contributed by atoms with Gasteiger partial charge in [-0.05, 0) is 18.6 Å². The predicted molar refractivity (Wildman–Crippen MR) is 66.3 cm³/mol. The summed E-state index contributed by atoms with van der Waals surface area (Å²) >= 11 is 0. The Morgan fingerprint density at radius 1 is 1.35 bits per heavy atom. The summed E-state index contributed by atoms with van der Waals surface area (Å²) in [5, 5.41) is 8.87. The van der Waals surface area contributed by atoms with Gasteiger partial charge in [-0.3, -0.25) is 9.69 Å². The van der Waals surface area contributed by atoms with Crippen molar-refractivity contribution in [3.8, 4) is 0 Å². The van der Waals surface area contributed by atoms with Crippen LogP contribution < -0.4 is 0 Å². The van der Waals surface area contributed by atoms with E-state index in [1.807, 2.05) is 30.3 Å². The van der Waals surface area contributed by atoms with Crippen LogP contribution in [0, 0.1) is 0 Å². The summed E-state index contributed by atoms with van der Waals surface area (Å²) in [7, 11) is 0. The highest BCUT2D eigenvalue weighted by Crippen LogP contribution is 2.17. The Morgan fingerprint density at radius 2 is 2.06 bits per heavy atom. The molecule has 0 radical (unpaired) electrons. The molecule has 0 aromatic heterocycles. The Balaban J connectivity index is 2.25. The number of rotatable bonds is 3. The van der Waals surface area contributed by atoms with Crippen LogP contribution in [0.2, 0.25) is 0 Å². The molecule has 0 aliphatic carbocycles. The predicted octanol–water partition coefficient (Wildman–Crippen LogP) is 1.28. The molecule has 4 heteroatoms. The summed E-state index contributed by atoms with van der Waals surface area (Å²) in [5.41, 5.74) is 1.36. The Labute approximate surface area is 99.9 Å². The summed E-state index contributed by atoms with van der Waals surface area (Å²) in [6, 6.07) is 9.58. The fourth-order valence-electron chi connectivity index (χ4n) is 1.73. The molecule has 1 aromatic carbocycles. The van der Waals surface area contributed by atoms with E-state index in [1.54, 1.807) is 13.0 Å². The van der Waals surface area contributed by atoms with Crippen molar-refractivity contribution in [3.63, 3.8) is 0 Å². The number of hydrogen-bond donors (Lipinski definition) is 1. The number of carbonyl (C=O) groups excluding carboxylic acids is 1. The van der Waals surface area contributed by atoms with Gasteiger partial charge in [0, 0.05) is 0 Å². The van der Waals surface area contributed by atoms with Crippen LogP contribution >= 0.6 is 0 Å². The van der Waals surface area contributed by atoms with E-state index in [2.05, 4.69) is 4.99 Å². The number of nitrogens with zero attached hydrogens (tertiary/aromatic N) is 2. The van der Waals surface area contributed by atoms with E-state index in [4.69, 9.17) is 5.11 Å². The van der Waals surface area contributed by atoms with Crippen molar-refractivity contribution in [2.45, 2.75) is 6.92 Å². The van der Waals surface area contributed by atoms with Crippen LogP contribution in [0.5, 0.6) is 0 Å². The second-order valence-corrected chi connectivity index (χ2v) is 3.78. The fraction of sp³-hybridized carbons (Fsp3) is 0.231. The molecule has 1 aliphatic rings. The number of aliphatic hydroxyl groups excluding tert-OH is 1. The highest BCUT2D eigenvalue weighted by molar-refractivity contribution is 6.13. The Kier molecular flexibility index (Phi) is 3.35. The second-order valence-electron chi connectivity index (χ2n) is 3.78. The van der Waals surface area contributed by atoms with E-state index in [-0.39, 0.29) is 12.5 Å². The quantitative estimate of drug-likeness (QED) is 0.795. The molecule has 1 aromatic rings. The van der Waals surface area contributed by atoms with Crippen molar-refractivity contribution in [2.75, 3.05) is 13.2 Å². The van der Waals surface area contributed by atoms with Gasteiger partial charge in [0.05, 0.1) is 13.2 Å². The van der Waals surface area contributed by atoms with Gasteiger partial charge in [0.15, 0.2) is 0 Å². The van der Waals surface area contributed by atoms with E-state index in [1.165, 1.54) is 4.90 Å². The molecule has 0 atom stereocenters. The van der Waals surface area contributed by atoms with Crippen LogP contribution in [-0.2, 0) is 4.79 Å². The topological polar surface area (TPSA) is 52.9 Å². The molecule has 0 spiro atoms. The number of hydrogen-bond acceptors (Lipinski definition) is 3. The van der Waals surface area contributed by atoms with E-state index >= 15 is 0 Å². The van der Waals surface area contributed by atoms with Gasteiger partial charge < -0.3 is 5.11 Å². The smallest absolute Gasteiger partial charge is 0.277 e. The molecule has 0 fully saturated rings. The number of benzene rings is 1. The minimum absolute atomic E-state index is 0.0583. The second kappa shape index (κ2) is 4.93. The molecule has 2 rings (SSSR count). The van der Waals surface area contributed by atoms with Crippen LogP contribution in [-0.4, -0.2) is 34.9 Å². The molecule has 17 heavy (non-hydrogen) atoms. The third-order valence-electron chi connectivity index (χ3n) is 2.56.